The van der Waals surface area contributed by atoms with Crippen LogP contribution in [-0.2, 0) is 16.0 Å². The highest BCUT2D eigenvalue weighted by Crippen LogP contribution is 2.30. The van der Waals surface area contributed by atoms with Crippen LogP contribution in [0.2, 0.25) is 0 Å². The van der Waals surface area contributed by atoms with Crippen LogP contribution in [0.25, 0.3) is 0 Å². The summed E-state index contributed by atoms with van der Waals surface area (Å²) < 4.78 is 10.9. The Bertz CT molecular complexity index is 1070. The molecule has 1 fully saturated rings. The van der Waals surface area contributed by atoms with Gasteiger partial charge in [-0.15, -0.1) is 0 Å². The maximum absolute atomic E-state index is 13.1. The zero-order valence-electron chi connectivity index (χ0n) is 20.7. The molecule has 2 N–H and O–H groups in total. The first-order valence-corrected chi connectivity index (χ1v) is 12.2. The number of ether oxygens (including phenoxy) is 2. The lowest BCUT2D eigenvalue weighted by Crippen LogP contribution is -2.51. The van der Waals surface area contributed by atoms with Gasteiger partial charge in [-0.1, -0.05) is 43.3 Å². The number of aryl methyl sites for hydroxylation is 1. The van der Waals surface area contributed by atoms with E-state index in [1.165, 1.54) is 5.56 Å². The predicted octanol–water partition coefficient (Wildman–Crippen LogP) is 3.25. The van der Waals surface area contributed by atoms with Gasteiger partial charge < -0.3 is 25.0 Å². The Morgan fingerprint density at radius 2 is 1.74 bits per heavy atom. The van der Waals surface area contributed by atoms with Gasteiger partial charge in [-0.05, 0) is 36.6 Å². The third kappa shape index (κ3) is 5.59. The van der Waals surface area contributed by atoms with E-state index < -0.39 is 12.0 Å². The average Bonchev–Trinajstić information content (AvgIpc) is 2.89. The molecule has 2 amide bonds. The molecule has 0 unspecified atom stereocenters. The number of carbonyl (C=O) groups is 2. The highest BCUT2D eigenvalue weighted by atomic mass is 16.5. The first-order valence-electron chi connectivity index (χ1n) is 12.2. The van der Waals surface area contributed by atoms with Crippen molar-refractivity contribution in [2.24, 2.45) is 0 Å². The number of esters is 1. The van der Waals surface area contributed by atoms with Gasteiger partial charge in [0.1, 0.15) is 5.75 Å². The number of carbonyl (C=O) groups excluding carboxylic acids is 2. The van der Waals surface area contributed by atoms with Gasteiger partial charge in [0, 0.05) is 38.4 Å². The maximum Gasteiger partial charge on any atom is 0.338 e. The lowest BCUT2D eigenvalue weighted by atomic mass is 9.94. The lowest BCUT2D eigenvalue weighted by Gasteiger charge is -2.38. The summed E-state index contributed by atoms with van der Waals surface area (Å²) in [6.45, 7) is 7.82. The number of urea groups is 1. The van der Waals surface area contributed by atoms with Gasteiger partial charge in [-0.25, -0.2) is 9.59 Å². The summed E-state index contributed by atoms with van der Waals surface area (Å²) in [6, 6.07) is 15.1. The van der Waals surface area contributed by atoms with Crippen LogP contribution in [0, 0.1) is 0 Å². The molecule has 2 heterocycles. The zero-order valence-corrected chi connectivity index (χ0v) is 20.7. The third-order valence-corrected chi connectivity index (χ3v) is 6.55. The fraction of sp³-hybridized carbons (Fsp3) is 0.407. The van der Waals surface area contributed by atoms with Crippen molar-refractivity contribution < 1.29 is 19.1 Å². The van der Waals surface area contributed by atoms with Crippen molar-refractivity contribution >= 4 is 17.7 Å². The number of hydrogen-bond donors (Lipinski definition) is 2. The topological polar surface area (TPSA) is 83.1 Å². The summed E-state index contributed by atoms with van der Waals surface area (Å²) in [5, 5.41) is 5.81. The van der Waals surface area contributed by atoms with E-state index in [-0.39, 0.29) is 12.6 Å². The predicted molar refractivity (Wildman–Crippen MR) is 136 cm³/mol. The van der Waals surface area contributed by atoms with Gasteiger partial charge in [0.05, 0.1) is 31.0 Å². The highest BCUT2D eigenvalue weighted by Gasteiger charge is 2.34. The Morgan fingerprint density at radius 3 is 2.40 bits per heavy atom. The molecule has 0 aliphatic carbocycles. The fourth-order valence-corrected chi connectivity index (χ4v) is 4.65. The number of amides is 2. The van der Waals surface area contributed by atoms with Crippen LogP contribution < -0.4 is 20.3 Å². The first kappa shape index (κ1) is 24.6. The summed E-state index contributed by atoms with van der Waals surface area (Å²) in [5.74, 6) is 0.447. The minimum atomic E-state index is -0.557. The number of piperazine rings is 1. The summed E-state index contributed by atoms with van der Waals surface area (Å²) in [5.41, 5.74) is 4.19. The van der Waals surface area contributed by atoms with Crippen LogP contribution in [0.4, 0.5) is 10.5 Å². The number of nitrogens with one attached hydrogen (secondary N) is 2. The first-order chi connectivity index (χ1) is 17.0. The molecular formula is C27H34N4O4. The third-order valence-electron chi connectivity index (χ3n) is 6.55. The highest BCUT2D eigenvalue weighted by molar-refractivity contribution is 5.95. The minimum absolute atomic E-state index is 0.267. The number of anilines is 1. The quantitative estimate of drug-likeness (QED) is 0.567. The van der Waals surface area contributed by atoms with Crippen molar-refractivity contribution in [1.82, 2.24) is 15.5 Å². The van der Waals surface area contributed by atoms with E-state index in [4.69, 9.17) is 9.47 Å². The van der Waals surface area contributed by atoms with Crippen molar-refractivity contribution in [3.63, 3.8) is 0 Å². The molecule has 8 heteroatoms. The second-order valence-electron chi connectivity index (χ2n) is 8.67. The van der Waals surface area contributed by atoms with Crippen LogP contribution in [0.1, 0.15) is 31.0 Å². The molecule has 1 atom stereocenters. The van der Waals surface area contributed by atoms with Gasteiger partial charge in [0.2, 0.25) is 0 Å². The van der Waals surface area contributed by atoms with Gasteiger partial charge in [0.15, 0.2) is 0 Å². The van der Waals surface area contributed by atoms with E-state index in [1.54, 1.807) is 14.0 Å². The van der Waals surface area contributed by atoms with Crippen molar-refractivity contribution in [2.45, 2.75) is 26.3 Å². The molecule has 2 aliphatic heterocycles. The Morgan fingerprint density at radius 1 is 1.03 bits per heavy atom. The number of nitrogens with zero attached hydrogens (tertiary/aromatic N) is 2. The van der Waals surface area contributed by atoms with Gasteiger partial charge in [-0.2, -0.15) is 0 Å². The lowest BCUT2D eigenvalue weighted by molar-refractivity contribution is -0.139. The number of hydrogen-bond acceptors (Lipinski definition) is 6. The Kier molecular flexibility index (Phi) is 7.92. The molecule has 2 aromatic rings. The van der Waals surface area contributed by atoms with E-state index in [0.717, 1.165) is 49.6 Å². The fourth-order valence-electron chi connectivity index (χ4n) is 4.65. The summed E-state index contributed by atoms with van der Waals surface area (Å²) in [7, 11) is 1.68. The molecule has 186 valence electrons. The Hall–Kier alpha value is -3.52. The monoisotopic (exact) mass is 478 g/mol. The van der Waals surface area contributed by atoms with Crippen LogP contribution in [0.15, 0.2) is 59.8 Å². The van der Waals surface area contributed by atoms with Crippen molar-refractivity contribution in [3.05, 3.63) is 70.9 Å². The van der Waals surface area contributed by atoms with E-state index in [1.807, 2.05) is 42.5 Å². The molecule has 2 aliphatic rings. The van der Waals surface area contributed by atoms with Crippen molar-refractivity contribution in [1.29, 1.82) is 0 Å². The number of methoxy groups -OCH3 is 1. The molecule has 0 bridgehead atoms. The van der Waals surface area contributed by atoms with E-state index >= 15 is 0 Å². The molecule has 2 aromatic carbocycles. The standard InChI is InChI=1S/C27H34N4O4/c1-4-19-10-12-20(13-11-19)25-24(26(32)35-5-2)21(28-27(33)29-25)18-30-14-16-31(17-15-30)22-8-6-7-9-23(22)34-3/h6-13,25H,4-5,14-18H2,1-3H3,(H2,28,29,33)/t25-/m1/s1. The van der Waals surface area contributed by atoms with Gasteiger partial charge >= 0.3 is 12.0 Å². The summed E-state index contributed by atoms with van der Waals surface area (Å²) in [6.07, 6.45) is 0.922. The largest absolute Gasteiger partial charge is 0.495 e. The molecule has 1 saturated heterocycles. The second-order valence-corrected chi connectivity index (χ2v) is 8.67. The Labute approximate surface area is 206 Å². The SMILES string of the molecule is CCOC(=O)C1=C(CN2CCN(c3ccccc3OC)CC2)NC(=O)N[C@@H]1c1ccc(CC)cc1. The van der Waals surface area contributed by atoms with Crippen LogP contribution >= 0.6 is 0 Å². The number of rotatable bonds is 8. The van der Waals surface area contributed by atoms with Crippen LogP contribution in [-0.4, -0.2) is 63.3 Å². The Balaban J connectivity index is 1.55. The zero-order chi connectivity index (χ0) is 24.8. The summed E-state index contributed by atoms with van der Waals surface area (Å²) in [4.78, 5) is 30.2. The second kappa shape index (κ2) is 11.3. The number of benzene rings is 2. The summed E-state index contributed by atoms with van der Waals surface area (Å²) >= 11 is 0. The molecule has 0 radical (unpaired) electrons. The van der Waals surface area contributed by atoms with Crippen LogP contribution in [0.3, 0.4) is 0 Å². The molecule has 35 heavy (non-hydrogen) atoms. The maximum atomic E-state index is 13.1. The number of para-hydroxylation sites is 2. The van der Waals surface area contributed by atoms with Gasteiger partial charge in [-0.3, -0.25) is 4.90 Å². The van der Waals surface area contributed by atoms with Crippen LogP contribution in [0.5, 0.6) is 5.75 Å². The molecule has 0 spiro atoms. The van der Waals surface area contributed by atoms with E-state index in [0.29, 0.717) is 17.8 Å². The molecule has 4 rings (SSSR count). The molecule has 0 aromatic heterocycles. The minimum Gasteiger partial charge on any atom is -0.495 e. The van der Waals surface area contributed by atoms with E-state index in [9.17, 15) is 9.59 Å². The average molecular weight is 479 g/mol. The van der Waals surface area contributed by atoms with Gasteiger partial charge in [0.25, 0.3) is 0 Å². The van der Waals surface area contributed by atoms with E-state index in [2.05, 4.69) is 33.4 Å². The normalized spacial score (nSPS) is 18.7. The molecule has 0 saturated carbocycles. The van der Waals surface area contributed by atoms with Crippen molar-refractivity contribution in [3.8, 4) is 5.75 Å². The molecular weight excluding hydrogens is 444 g/mol. The molecule has 8 nitrogen and oxygen atoms in total. The van der Waals surface area contributed by atoms with Crippen molar-refractivity contribution in [2.75, 3.05) is 51.3 Å². The smallest absolute Gasteiger partial charge is 0.338 e.